The van der Waals surface area contributed by atoms with Gasteiger partial charge in [0.25, 0.3) is 5.56 Å². The molecule has 0 atom stereocenters. The van der Waals surface area contributed by atoms with Crippen LogP contribution in [0.2, 0.25) is 0 Å². The van der Waals surface area contributed by atoms with Gasteiger partial charge in [0, 0.05) is 60.0 Å². The molecule has 0 amide bonds. The average Bonchev–Trinajstić information content (AvgIpc) is 2.75. The van der Waals surface area contributed by atoms with E-state index < -0.39 is 0 Å². The maximum absolute atomic E-state index is 12.0. The number of anilines is 2. The Morgan fingerprint density at radius 3 is 2.90 bits per heavy atom. The van der Waals surface area contributed by atoms with Crippen molar-refractivity contribution in [3.05, 3.63) is 58.6 Å². The van der Waals surface area contributed by atoms with Gasteiger partial charge in [-0.3, -0.25) is 4.79 Å². The minimum atomic E-state index is -0.176. The van der Waals surface area contributed by atoms with Gasteiger partial charge in [0.2, 0.25) is 0 Å². The number of nitrogens with zero attached hydrogens (tertiary/aromatic N) is 2. The molecule has 3 aromatic rings. The minimum absolute atomic E-state index is 0.0439. The number of benzene rings is 1. The highest BCUT2D eigenvalue weighted by Crippen LogP contribution is 2.56. The molecule has 6 rings (SSSR count). The van der Waals surface area contributed by atoms with Crippen LogP contribution in [-0.4, -0.2) is 34.9 Å². The molecule has 2 aromatic heterocycles. The van der Waals surface area contributed by atoms with E-state index in [1.807, 2.05) is 31.2 Å². The molecule has 1 saturated carbocycles. The van der Waals surface area contributed by atoms with E-state index in [2.05, 4.69) is 16.4 Å². The highest BCUT2D eigenvalue weighted by Gasteiger charge is 2.58. The van der Waals surface area contributed by atoms with E-state index in [0.717, 1.165) is 54.6 Å². The van der Waals surface area contributed by atoms with E-state index in [-0.39, 0.29) is 16.6 Å². The van der Waals surface area contributed by atoms with Crippen molar-refractivity contribution in [3.8, 4) is 5.75 Å². The fourth-order valence-electron chi connectivity index (χ4n) is 5.12. The van der Waals surface area contributed by atoms with E-state index in [1.54, 1.807) is 23.9 Å². The Morgan fingerprint density at radius 2 is 2.10 bits per heavy atom. The predicted molar refractivity (Wildman–Crippen MR) is 122 cm³/mol. The molecule has 3 aliphatic rings. The topological polar surface area (TPSA) is 91.4 Å². The van der Waals surface area contributed by atoms with E-state index in [1.165, 1.54) is 0 Å². The summed E-state index contributed by atoms with van der Waals surface area (Å²) in [5.74, 6) is 1.19. The number of nitrogens with one attached hydrogen (secondary N) is 1. The van der Waals surface area contributed by atoms with Gasteiger partial charge in [-0.15, -0.1) is 0 Å². The summed E-state index contributed by atoms with van der Waals surface area (Å²) in [6.45, 7) is 3.99. The Labute approximate surface area is 181 Å². The molecule has 7 nitrogen and oxygen atoms in total. The lowest BCUT2D eigenvalue weighted by Gasteiger charge is -2.59. The lowest BCUT2D eigenvalue weighted by Crippen LogP contribution is -2.63. The second kappa shape index (κ2) is 7.27. The summed E-state index contributed by atoms with van der Waals surface area (Å²) < 4.78 is 13.9. The van der Waals surface area contributed by atoms with Crippen molar-refractivity contribution in [2.24, 2.45) is 12.5 Å². The Hall–Kier alpha value is -3.06. The third kappa shape index (κ3) is 3.53. The van der Waals surface area contributed by atoms with Crippen molar-refractivity contribution in [1.82, 2.24) is 9.55 Å². The fraction of sp³-hybridized carbons (Fsp3) is 0.417. The molecule has 1 aromatic carbocycles. The smallest absolute Gasteiger partial charge is 0.254 e. The monoisotopic (exact) mass is 420 g/mol. The molecule has 7 heteroatoms. The molecule has 4 heterocycles. The van der Waals surface area contributed by atoms with Crippen LogP contribution in [0, 0.1) is 12.3 Å². The van der Waals surface area contributed by atoms with E-state index in [9.17, 15) is 4.79 Å². The van der Waals surface area contributed by atoms with Crippen LogP contribution < -0.4 is 21.3 Å². The zero-order valence-corrected chi connectivity index (χ0v) is 18.0. The third-order valence-corrected chi connectivity index (χ3v) is 6.89. The summed E-state index contributed by atoms with van der Waals surface area (Å²) in [5, 5.41) is 5.60. The molecule has 3 N–H and O–H groups in total. The van der Waals surface area contributed by atoms with Crippen LogP contribution in [0.3, 0.4) is 0 Å². The molecule has 0 radical (unpaired) electrons. The van der Waals surface area contributed by atoms with Crippen molar-refractivity contribution >= 4 is 22.3 Å². The van der Waals surface area contributed by atoms with Crippen LogP contribution in [0.5, 0.6) is 5.75 Å². The lowest BCUT2D eigenvalue weighted by atomic mass is 9.56. The number of hydrogen-bond donors (Lipinski definition) is 2. The Kier molecular flexibility index (Phi) is 4.66. The number of aryl methyl sites for hydroxylation is 1. The summed E-state index contributed by atoms with van der Waals surface area (Å²) >= 11 is 0. The zero-order valence-electron chi connectivity index (χ0n) is 18.0. The van der Waals surface area contributed by atoms with Crippen LogP contribution >= 0.6 is 0 Å². The summed E-state index contributed by atoms with van der Waals surface area (Å²) in [7, 11) is 1.77. The second-order valence-corrected chi connectivity index (χ2v) is 9.10. The first-order valence-corrected chi connectivity index (χ1v) is 10.7. The molecule has 162 valence electrons. The van der Waals surface area contributed by atoms with Gasteiger partial charge in [0.1, 0.15) is 11.6 Å². The number of pyridine rings is 2. The van der Waals surface area contributed by atoms with Gasteiger partial charge < -0.3 is 25.1 Å². The first-order chi connectivity index (χ1) is 14.9. The highest BCUT2D eigenvalue weighted by molar-refractivity contribution is 5.99. The lowest BCUT2D eigenvalue weighted by molar-refractivity contribution is -0.225. The highest BCUT2D eigenvalue weighted by atomic mass is 16.5. The summed E-state index contributed by atoms with van der Waals surface area (Å²) in [6.07, 6.45) is 4.62. The number of nitrogens with two attached hydrogens (primary N) is 1. The largest absolute Gasteiger partial charge is 0.493 e. The van der Waals surface area contributed by atoms with Crippen molar-refractivity contribution < 1.29 is 9.47 Å². The number of ether oxygens (including phenoxy) is 2. The number of fused-ring (bicyclic) bond motifs is 3. The van der Waals surface area contributed by atoms with Gasteiger partial charge in [-0.1, -0.05) is 12.1 Å². The molecule has 31 heavy (non-hydrogen) atoms. The molecule has 2 aliphatic heterocycles. The molecule has 0 spiro atoms. The molecule has 1 aliphatic carbocycles. The predicted octanol–water partition coefficient (Wildman–Crippen LogP) is 3.25. The average molecular weight is 421 g/mol. The van der Waals surface area contributed by atoms with Crippen LogP contribution in [-0.2, 0) is 11.8 Å². The Balaban J connectivity index is 1.25. The Bertz CT molecular complexity index is 1200. The quantitative estimate of drug-likeness (QED) is 0.636. The van der Waals surface area contributed by atoms with Crippen LogP contribution in [0.15, 0.2) is 47.4 Å². The number of aromatic nitrogens is 2. The van der Waals surface area contributed by atoms with Crippen molar-refractivity contribution in [2.75, 3.05) is 30.8 Å². The van der Waals surface area contributed by atoms with Gasteiger partial charge in [0.05, 0.1) is 12.2 Å². The number of hydrogen-bond acceptors (Lipinski definition) is 6. The van der Waals surface area contributed by atoms with Gasteiger partial charge in [0.15, 0.2) is 0 Å². The maximum atomic E-state index is 12.0. The molecule has 2 bridgehead atoms. The summed E-state index contributed by atoms with van der Waals surface area (Å²) in [4.78, 5) is 16.2. The first-order valence-electron chi connectivity index (χ1n) is 10.7. The van der Waals surface area contributed by atoms with E-state index in [4.69, 9.17) is 15.2 Å². The fourth-order valence-corrected chi connectivity index (χ4v) is 5.12. The molecule has 3 fully saturated rings. The van der Waals surface area contributed by atoms with Crippen molar-refractivity contribution in [1.29, 1.82) is 0 Å². The normalized spacial score (nSPS) is 24.6. The number of nitrogen functional groups attached to an aromatic ring is 1. The van der Waals surface area contributed by atoms with Crippen LogP contribution in [0.1, 0.15) is 25.0 Å². The molecular formula is C24H28N4O3. The van der Waals surface area contributed by atoms with Crippen molar-refractivity contribution in [3.63, 3.8) is 0 Å². The van der Waals surface area contributed by atoms with E-state index >= 15 is 0 Å². The van der Waals surface area contributed by atoms with Crippen molar-refractivity contribution in [2.45, 2.75) is 31.8 Å². The van der Waals surface area contributed by atoms with Gasteiger partial charge in [-0.25, -0.2) is 4.98 Å². The van der Waals surface area contributed by atoms with Crippen LogP contribution in [0.4, 0.5) is 11.5 Å². The van der Waals surface area contributed by atoms with Gasteiger partial charge >= 0.3 is 0 Å². The summed E-state index contributed by atoms with van der Waals surface area (Å²) in [6, 6.07) is 11.5. The zero-order chi connectivity index (χ0) is 21.6. The second-order valence-electron chi connectivity index (χ2n) is 9.10. The van der Waals surface area contributed by atoms with E-state index in [0.29, 0.717) is 18.2 Å². The van der Waals surface area contributed by atoms with Crippen LogP contribution in [0.25, 0.3) is 10.8 Å². The number of rotatable bonds is 6. The van der Waals surface area contributed by atoms with Gasteiger partial charge in [-0.05, 0) is 44.4 Å². The third-order valence-electron chi connectivity index (χ3n) is 6.89. The van der Waals surface area contributed by atoms with Gasteiger partial charge in [-0.2, -0.15) is 0 Å². The molecular weight excluding hydrogens is 392 g/mol. The first kappa shape index (κ1) is 19.9. The SMILES string of the molecule is Cc1cc(OCC23CCOC(CNc4cccc5c(N)nccc45)(C2)C3)cc(=O)n1C. The summed E-state index contributed by atoms with van der Waals surface area (Å²) in [5.41, 5.74) is 7.85. The molecule has 2 saturated heterocycles. The minimum Gasteiger partial charge on any atom is -0.493 e. The Morgan fingerprint density at radius 1 is 1.26 bits per heavy atom. The standard InChI is InChI=1S/C24H28N4O3/c1-16-10-17(11-21(29)28(16)2)30-15-23-7-9-31-24(12-23,13-23)14-27-20-5-3-4-19-18(20)6-8-26-22(19)25/h3-6,8,10-11,27H,7,9,12-15H2,1-2H3,(H2,25,26). The maximum Gasteiger partial charge on any atom is 0.254 e. The molecule has 0 unspecified atom stereocenters.